The van der Waals surface area contributed by atoms with Gasteiger partial charge < -0.3 is 4.74 Å². The number of Topliss-reactive ketones (excluding diaryl/α,β-unsaturated/α-hetero) is 1. The lowest BCUT2D eigenvalue weighted by atomic mass is 9.73. The molecule has 2 aromatic carbocycles. The van der Waals surface area contributed by atoms with Crippen molar-refractivity contribution < 1.29 is 9.53 Å². The van der Waals surface area contributed by atoms with E-state index < -0.39 is 5.41 Å². The van der Waals surface area contributed by atoms with Crippen LogP contribution >= 0.6 is 0 Å². The van der Waals surface area contributed by atoms with Crippen LogP contribution in [0.4, 0.5) is 0 Å². The second-order valence-electron chi connectivity index (χ2n) is 6.93. The molecule has 0 atom stereocenters. The molecule has 0 amide bonds. The Balaban J connectivity index is 2.07. The van der Waals surface area contributed by atoms with Gasteiger partial charge in [0.25, 0.3) is 0 Å². The molecule has 1 aliphatic carbocycles. The quantitative estimate of drug-likeness (QED) is 0.563. The van der Waals surface area contributed by atoms with Gasteiger partial charge in [-0.15, -0.1) is 0 Å². The van der Waals surface area contributed by atoms with Crippen molar-refractivity contribution in [1.82, 2.24) is 0 Å². The van der Waals surface area contributed by atoms with Gasteiger partial charge in [-0.25, -0.2) is 0 Å². The summed E-state index contributed by atoms with van der Waals surface area (Å²) < 4.78 is 6.06. The molecule has 132 valence electrons. The van der Waals surface area contributed by atoms with Crippen molar-refractivity contribution in [3.8, 4) is 11.1 Å². The molecule has 0 saturated carbocycles. The Morgan fingerprint density at radius 2 is 1.44 bits per heavy atom. The molecular weight excluding hydrogens is 308 g/mol. The molecule has 0 saturated heterocycles. The van der Waals surface area contributed by atoms with E-state index in [1.807, 2.05) is 12.1 Å². The van der Waals surface area contributed by atoms with Crippen LogP contribution in [0.15, 0.2) is 48.5 Å². The van der Waals surface area contributed by atoms with Crippen molar-refractivity contribution in [1.29, 1.82) is 0 Å². The number of carbonyl (C=O) groups excluding carboxylic acids is 1. The minimum atomic E-state index is -0.643. The molecule has 0 N–H and O–H groups in total. The van der Waals surface area contributed by atoms with Gasteiger partial charge in [0, 0.05) is 13.0 Å². The fraction of sp³-hybridized carbons (Fsp3) is 0.435. The molecule has 3 rings (SSSR count). The van der Waals surface area contributed by atoms with Gasteiger partial charge in [-0.05, 0) is 35.1 Å². The monoisotopic (exact) mass is 336 g/mol. The molecule has 1 aliphatic rings. The highest BCUT2D eigenvalue weighted by molar-refractivity contribution is 6.01. The van der Waals surface area contributed by atoms with Crippen molar-refractivity contribution >= 4 is 5.78 Å². The second-order valence-corrected chi connectivity index (χ2v) is 6.93. The van der Waals surface area contributed by atoms with Gasteiger partial charge in [0.2, 0.25) is 0 Å². The number of unbranched alkanes of at least 4 members (excludes halogenated alkanes) is 2. The molecule has 0 fully saturated rings. The molecule has 2 heteroatoms. The molecular formula is C23H28O2. The molecule has 25 heavy (non-hydrogen) atoms. The Labute approximate surface area is 151 Å². The maximum atomic E-state index is 13.4. The molecule has 0 unspecified atom stereocenters. The van der Waals surface area contributed by atoms with Crippen LogP contribution in [0, 0.1) is 0 Å². The number of benzene rings is 2. The Morgan fingerprint density at radius 3 is 2.00 bits per heavy atom. The predicted molar refractivity (Wildman–Crippen MR) is 103 cm³/mol. The van der Waals surface area contributed by atoms with Crippen LogP contribution in [-0.4, -0.2) is 19.0 Å². The van der Waals surface area contributed by atoms with Gasteiger partial charge >= 0.3 is 0 Å². The highest BCUT2D eigenvalue weighted by Gasteiger charge is 2.48. The summed E-state index contributed by atoms with van der Waals surface area (Å²) in [6.45, 7) is 5.45. The fourth-order valence-electron chi connectivity index (χ4n) is 3.88. The van der Waals surface area contributed by atoms with Crippen molar-refractivity contribution in [2.45, 2.75) is 51.4 Å². The first-order valence-electron chi connectivity index (χ1n) is 9.56. The summed E-state index contributed by atoms with van der Waals surface area (Å²) in [6.07, 6.45) is 4.70. The van der Waals surface area contributed by atoms with Crippen LogP contribution in [0.3, 0.4) is 0 Å². The molecule has 0 radical (unpaired) electrons. The van der Waals surface area contributed by atoms with E-state index >= 15 is 0 Å². The van der Waals surface area contributed by atoms with E-state index in [2.05, 4.69) is 50.2 Å². The second kappa shape index (κ2) is 7.97. The predicted octanol–water partition coefficient (Wildman–Crippen LogP) is 5.53. The SMILES string of the molecule is CCCCOCC1(C(=O)CCCC)c2ccccc2-c2ccccc21. The van der Waals surface area contributed by atoms with Crippen LogP contribution in [0.2, 0.25) is 0 Å². The Morgan fingerprint density at radius 1 is 0.880 bits per heavy atom. The van der Waals surface area contributed by atoms with E-state index in [0.29, 0.717) is 25.4 Å². The number of carbonyl (C=O) groups is 1. The van der Waals surface area contributed by atoms with Crippen LogP contribution in [0.5, 0.6) is 0 Å². The molecule has 2 aromatic rings. The van der Waals surface area contributed by atoms with E-state index in [0.717, 1.165) is 36.8 Å². The molecule has 2 nitrogen and oxygen atoms in total. The Kier molecular flexibility index (Phi) is 5.70. The summed E-state index contributed by atoms with van der Waals surface area (Å²) in [6, 6.07) is 16.7. The summed E-state index contributed by atoms with van der Waals surface area (Å²) in [5, 5.41) is 0. The van der Waals surface area contributed by atoms with Crippen LogP contribution in [0.1, 0.15) is 57.1 Å². The lowest BCUT2D eigenvalue weighted by molar-refractivity contribution is -0.125. The Bertz CT molecular complexity index is 687. The van der Waals surface area contributed by atoms with Gasteiger partial charge in [0.1, 0.15) is 11.2 Å². The number of fused-ring (bicyclic) bond motifs is 3. The lowest BCUT2D eigenvalue weighted by Gasteiger charge is -2.30. The van der Waals surface area contributed by atoms with E-state index in [-0.39, 0.29) is 0 Å². The minimum absolute atomic E-state index is 0.295. The topological polar surface area (TPSA) is 26.3 Å². The maximum Gasteiger partial charge on any atom is 0.150 e. The minimum Gasteiger partial charge on any atom is -0.380 e. The molecule has 0 aromatic heterocycles. The molecule has 0 heterocycles. The van der Waals surface area contributed by atoms with E-state index in [1.54, 1.807) is 0 Å². The standard InChI is InChI=1S/C23H28O2/c1-3-5-15-22(24)23(17-25-16-6-4-2)20-13-9-7-11-18(20)19-12-8-10-14-21(19)23/h7-14H,3-6,15-17H2,1-2H3. The smallest absolute Gasteiger partial charge is 0.150 e. The van der Waals surface area contributed by atoms with E-state index in [9.17, 15) is 4.79 Å². The lowest BCUT2D eigenvalue weighted by Crippen LogP contribution is -2.40. The average Bonchev–Trinajstić information content (AvgIpc) is 2.95. The first-order chi connectivity index (χ1) is 12.3. The molecule has 0 aliphatic heterocycles. The number of rotatable bonds is 9. The summed E-state index contributed by atoms with van der Waals surface area (Å²) in [7, 11) is 0. The third-order valence-electron chi connectivity index (χ3n) is 5.26. The average molecular weight is 336 g/mol. The number of hydrogen-bond donors (Lipinski definition) is 0. The highest BCUT2D eigenvalue weighted by Crippen LogP contribution is 2.50. The van der Waals surface area contributed by atoms with Gasteiger partial charge in [-0.1, -0.05) is 75.2 Å². The van der Waals surface area contributed by atoms with Crippen molar-refractivity contribution in [3.05, 3.63) is 59.7 Å². The third-order valence-corrected chi connectivity index (χ3v) is 5.26. The normalized spacial score (nSPS) is 14.2. The summed E-state index contributed by atoms with van der Waals surface area (Å²) in [5.74, 6) is 0.295. The zero-order chi connectivity index (χ0) is 17.7. The number of hydrogen-bond acceptors (Lipinski definition) is 2. The van der Waals surface area contributed by atoms with Gasteiger partial charge in [0.05, 0.1) is 6.61 Å². The van der Waals surface area contributed by atoms with Crippen molar-refractivity contribution in [2.75, 3.05) is 13.2 Å². The Hall–Kier alpha value is -1.93. The van der Waals surface area contributed by atoms with Crippen molar-refractivity contribution in [2.24, 2.45) is 0 Å². The van der Waals surface area contributed by atoms with E-state index in [4.69, 9.17) is 4.74 Å². The van der Waals surface area contributed by atoms with Crippen LogP contribution in [-0.2, 0) is 14.9 Å². The fourth-order valence-corrected chi connectivity index (χ4v) is 3.88. The summed E-state index contributed by atoms with van der Waals surface area (Å²) >= 11 is 0. The first-order valence-corrected chi connectivity index (χ1v) is 9.56. The largest absolute Gasteiger partial charge is 0.380 e. The van der Waals surface area contributed by atoms with Gasteiger partial charge in [-0.3, -0.25) is 4.79 Å². The van der Waals surface area contributed by atoms with E-state index in [1.165, 1.54) is 11.1 Å². The highest BCUT2D eigenvalue weighted by atomic mass is 16.5. The van der Waals surface area contributed by atoms with Gasteiger partial charge in [-0.2, -0.15) is 0 Å². The zero-order valence-corrected chi connectivity index (χ0v) is 15.4. The number of ketones is 1. The molecule has 0 spiro atoms. The van der Waals surface area contributed by atoms with Crippen molar-refractivity contribution in [3.63, 3.8) is 0 Å². The summed E-state index contributed by atoms with van der Waals surface area (Å²) in [5.41, 5.74) is 3.96. The maximum absolute atomic E-state index is 13.4. The van der Waals surface area contributed by atoms with Crippen LogP contribution in [0.25, 0.3) is 11.1 Å². The first kappa shape index (κ1) is 17.9. The number of ether oxygens (including phenoxy) is 1. The zero-order valence-electron chi connectivity index (χ0n) is 15.4. The molecule has 0 bridgehead atoms. The summed E-state index contributed by atoms with van der Waals surface area (Å²) in [4.78, 5) is 13.4. The third kappa shape index (κ3) is 3.16. The van der Waals surface area contributed by atoms with Gasteiger partial charge in [0.15, 0.2) is 0 Å². The van der Waals surface area contributed by atoms with Crippen LogP contribution < -0.4 is 0 Å².